The third kappa shape index (κ3) is 1.68. The molecule has 0 radical (unpaired) electrons. The summed E-state index contributed by atoms with van der Waals surface area (Å²) in [6.45, 7) is 1.97. The predicted octanol–water partition coefficient (Wildman–Crippen LogP) is 1.17. The molecule has 0 amide bonds. The fourth-order valence-electron chi connectivity index (χ4n) is 1.02. The molecule has 2 rings (SSSR count). The van der Waals surface area contributed by atoms with Crippen LogP contribution in [0.5, 0.6) is 0 Å². The van der Waals surface area contributed by atoms with E-state index in [0.29, 0.717) is 17.4 Å². The molecule has 0 fully saturated rings. The van der Waals surface area contributed by atoms with Gasteiger partial charge in [0.15, 0.2) is 11.6 Å². The number of hydrogen-bond acceptors (Lipinski definition) is 6. The molecule has 0 aliphatic carbocycles. The topological polar surface area (TPSA) is 76.7 Å². The van der Waals surface area contributed by atoms with Crippen molar-refractivity contribution in [2.75, 3.05) is 5.32 Å². The average molecular weight is 191 g/mol. The standard InChI is InChI=1S/C8H9N5O/c1-2-6-8(12-13-14-6)11-7-3-4-9-5-10-7/h3-5H,2H2,1H3,(H,9,10,11). The molecule has 0 spiro atoms. The summed E-state index contributed by atoms with van der Waals surface area (Å²) >= 11 is 0. The molecule has 0 saturated carbocycles. The zero-order valence-corrected chi connectivity index (χ0v) is 7.64. The van der Waals surface area contributed by atoms with Crippen LogP contribution >= 0.6 is 0 Å². The van der Waals surface area contributed by atoms with Crippen molar-refractivity contribution >= 4 is 11.6 Å². The van der Waals surface area contributed by atoms with Crippen LogP contribution in [0, 0.1) is 0 Å². The molecule has 2 heterocycles. The fourth-order valence-corrected chi connectivity index (χ4v) is 1.02. The van der Waals surface area contributed by atoms with Gasteiger partial charge in [-0.1, -0.05) is 12.0 Å². The summed E-state index contributed by atoms with van der Waals surface area (Å²) in [5, 5.41) is 10.2. The van der Waals surface area contributed by atoms with Gasteiger partial charge >= 0.3 is 0 Å². The van der Waals surface area contributed by atoms with Crippen molar-refractivity contribution in [1.29, 1.82) is 0 Å². The first kappa shape index (κ1) is 8.61. The first-order valence-electron chi connectivity index (χ1n) is 4.24. The van der Waals surface area contributed by atoms with E-state index in [9.17, 15) is 0 Å². The van der Waals surface area contributed by atoms with Gasteiger partial charge < -0.3 is 9.84 Å². The summed E-state index contributed by atoms with van der Waals surface area (Å²) in [5.74, 6) is 1.99. The lowest BCUT2D eigenvalue weighted by atomic mass is 10.3. The Hall–Kier alpha value is -1.98. The van der Waals surface area contributed by atoms with Gasteiger partial charge in [0.2, 0.25) is 0 Å². The van der Waals surface area contributed by atoms with Crippen molar-refractivity contribution in [3.8, 4) is 0 Å². The molecule has 0 unspecified atom stereocenters. The fraction of sp³-hybridized carbons (Fsp3) is 0.250. The van der Waals surface area contributed by atoms with Gasteiger partial charge in [0.05, 0.1) is 0 Å². The number of hydrogen-bond donors (Lipinski definition) is 1. The van der Waals surface area contributed by atoms with Gasteiger partial charge in [-0.25, -0.2) is 9.97 Å². The molecule has 6 heteroatoms. The van der Waals surface area contributed by atoms with Gasteiger partial charge in [-0.3, -0.25) is 0 Å². The molecule has 1 N–H and O–H groups in total. The van der Waals surface area contributed by atoms with Gasteiger partial charge in [-0.15, -0.1) is 0 Å². The minimum atomic E-state index is 0.603. The zero-order valence-electron chi connectivity index (χ0n) is 7.64. The lowest BCUT2D eigenvalue weighted by Gasteiger charge is -1.99. The van der Waals surface area contributed by atoms with E-state index in [1.165, 1.54) is 6.33 Å². The van der Waals surface area contributed by atoms with E-state index in [1.54, 1.807) is 12.3 Å². The van der Waals surface area contributed by atoms with E-state index in [0.717, 1.165) is 6.42 Å². The summed E-state index contributed by atoms with van der Waals surface area (Å²) in [6.07, 6.45) is 3.84. The zero-order chi connectivity index (χ0) is 9.80. The highest BCUT2D eigenvalue weighted by atomic mass is 16.5. The second kappa shape index (κ2) is 3.82. The number of nitrogens with one attached hydrogen (secondary N) is 1. The lowest BCUT2D eigenvalue weighted by Crippen LogP contribution is -1.96. The average Bonchev–Trinajstić information content (AvgIpc) is 2.67. The number of anilines is 2. The highest BCUT2D eigenvalue weighted by Gasteiger charge is 2.07. The Labute approximate surface area is 80.4 Å². The van der Waals surface area contributed by atoms with Crippen molar-refractivity contribution in [3.05, 3.63) is 24.4 Å². The molecule has 2 aromatic heterocycles. The van der Waals surface area contributed by atoms with Gasteiger partial charge in [0.1, 0.15) is 12.1 Å². The summed E-state index contributed by atoms with van der Waals surface area (Å²) in [4.78, 5) is 7.80. The number of aryl methyl sites for hydroxylation is 1. The van der Waals surface area contributed by atoms with Crippen molar-refractivity contribution in [3.63, 3.8) is 0 Å². The van der Waals surface area contributed by atoms with Gasteiger partial charge in [0.25, 0.3) is 0 Å². The van der Waals surface area contributed by atoms with Crippen molar-refractivity contribution in [2.45, 2.75) is 13.3 Å². The Morgan fingerprint density at radius 1 is 1.50 bits per heavy atom. The molecule has 0 aliphatic rings. The lowest BCUT2D eigenvalue weighted by molar-refractivity contribution is 0.365. The van der Waals surface area contributed by atoms with Gasteiger partial charge in [-0.2, -0.15) is 0 Å². The van der Waals surface area contributed by atoms with Crippen LogP contribution < -0.4 is 5.32 Å². The Balaban J connectivity index is 2.19. The third-order valence-electron chi connectivity index (χ3n) is 1.71. The summed E-state index contributed by atoms with van der Waals surface area (Å²) in [7, 11) is 0. The van der Waals surface area contributed by atoms with Crippen LogP contribution in [0.15, 0.2) is 23.1 Å². The molecule has 0 atom stereocenters. The molecule has 0 bridgehead atoms. The maximum absolute atomic E-state index is 4.92. The number of nitrogens with zero attached hydrogens (tertiary/aromatic N) is 4. The SMILES string of the molecule is CCc1onnc1Nc1ccncn1. The largest absolute Gasteiger partial charge is 0.340 e. The molecule has 14 heavy (non-hydrogen) atoms. The monoisotopic (exact) mass is 191 g/mol. The molecule has 2 aromatic rings. The van der Waals surface area contributed by atoms with Crippen LogP contribution in [0.1, 0.15) is 12.7 Å². The number of rotatable bonds is 3. The maximum Gasteiger partial charge on any atom is 0.199 e. The van der Waals surface area contributed by atoms with Crippen LogP contribution in [0.25, 0.3) is 0 Å². The second-order valence-corrected chi connectivity index (χ2v) is 2.62. The van der Waals surface area contributed by atoms with Crippen LogP contribution in [-0.2, 0) is 6.42 Å². The van der Waals surface area contributed by atoms with Crippen LogP contribution in [0.2, 0.25) is 0 Å². The first-order valence-corrected chi connectivity index (χ1v) is 4.24. The third-order valence-corrected chi connectivity index (χ3v) is 1.71. The van der Waals surface area contributed by atoms with Crippen LogP contribution in [0.4, 0.5) is 11.6 Å². The van der Waals surface area contributed by atoms with E-state index in [-0.39, 0.29) is 0 Å². The maximum atomic E-state index is 4.92. The van der Waals surface area contributed by atoms with Crippen LogP contribution in [-0.4, -0.2) is 20.3 Å². The van der Waals surface area contributed by atoms with E-state index < -0.39 is 0 Å². The predicted molar refractivity (Wildman–Crippen MR) is 49.0 cm³/mol. The Morgan fingerprint density at radius 3 is 3.14 bits per heavy atom. The van der Waals surface area contributed by atoms with Crippen molar-refractivity contribution < 1.29 is 4.52 Å². The molecule has 0 saturated heterocycles. The second-order valence-electron chi connectivity index (χ2n) is 2.62. The minimum absolute atomic E-state index is 0.603. The molecule has 0 aromatic carbocycles. The van der Waals surface area contributed by atoms with Crippen LogP contribution in [0.3, 0.4) is 0 Å². The summed E-state index contributed by atoms with van der Waals surface area (Å²) in [6, 6.07) is 1.74. The first-order chi connectivity index (χ1) is 6.90. The Kier molecular flexibility index (Phi) is 2.35. The Bertz CT molecular complexity index is 399. The Morgan fingerprint density at radius 2 is 2.43 bits per heavy atom. The molecule has 0 aliphatic heterocycles. The minimum Gasteiger partial charge on any atom is -0.340 e. The molecular weight excluding hydrogens is 182 g/mol. The molecular formula is C8H9N5O. The summed E-state index contributed by atoms with van der Waals surface area (Å²) in [5.41, 5.74) is 0. The quantitative estimate of drug-likeness (QED) is 0.784. The number of aromatic nitrogens is 4. The molecule has 72 valence electrons. The van der Waals surface area contributed by atoms with E-state index in [1.807, 2.05) is 6.92 Å². The summed E-state index contributed by atoms with van der Waals surface area (Å²) < 4.78 is 4.92. The van der Waals surface area contributed by atoms with E-state index in [2.05, 4.69) is 25.7 Å². The highest BCUT2D eigenvalue weighted by molar-refractivity contribution is 5.51. The smallest absolute Gasteiger partial charge is 0.199 e. The highest BCUT2D eigenvalue weighted by Crippen LogP contribution is 2.15. The molecule has 6 nitrogen and oxygen atoms in total. The van der Waals surface area contributed by atoms with Crippen molar-refractivity contribution in [2.24, 2.45) is 0 Å². The van der Waals surface area contributed by atoms with Gasteiger partial charge in [-0.05, 0) is 6.07 Å². The van der Waals surface area contributed by atoms with E-state index in [4.69, 9.17) is 4.52 Å². The van der Waals surface area contributed by atoms with E-state index >= 15 is 0 Å². The normalized spacial score (nSPS) is 10.1. The van der Waals surface area contributed by atoms with Gasteiger partial charge in [0, 0.05) is 17.9 Å². The van der Waals surface area contributed by atoms with Crippen molar-refractivity contribution in [1.82, 2.24) is 20.3 Å².